The molecule has 1 saturated heterocycles. The summed E-state index contributed by atoms with van der Waals surface area (Å²) in [6.45, 7) is 4.22. The standard InChI is InChI=1S/C28H33F2N3O3/c1-28(2,36)11-14-33-18-23(21-5-3-4-6-25(21)33)27(35)32-12-9-20(10-13-32)22-15-19(7-8-24(22)30)17-31-26(34)16-29/h3-8,15,18,20,36H,9-14,16-17H2,1-2H3,(H,31,34). The van der Waals surface area contributed by atoms with Gasteiger partial charge in [-0.3, -0.25) is 9.59 Å². The van der Waals surface area contributed by atoms with E-state index >= 15 is 0 Å². The Kier molecular flexibility index (Phi) is 7.73. The molecule has 2 amide bonds. The number of aromatic nitrogens is 1. The summed E-state index contributed by atoms with van der Waals surface area (Å²) in [7, 11) is 0. The number of halogens is 2. The summed E-state index contributed by atoms with van der Waals surface area (Å²) in [5, 5.41) is 13.5. The highest BCUT2D eigenvalue weighted by molar-refractivity contribution is 6.07. The third kappa shape index (κ3) is 5.93. The fourth-order valence-electron chi connectivity index (χ4n) is 4.82. The van der Waals surface area contributed by atoms with Crippen LogP contribution in [0.1, 0.15) is 60.5 Å². The smallest absolute Gasteiger partial charge is 0.256 e. The molecule has 4 rings (SSSR count). The van der Waals surface area contributed by atoms with Gasteiger partial charge in [0, 0.05) is 43.3 Å². The molecule has 36 heavy (non-hydrogen) atoms. The number of aliphatic hydroxyl groups is 1. The van der Waals surface area contributed by atoms with E-state index in [1.54, 1.807) is 26.0 Å². The van der Waals surface area contributed by atoms with Gasteiger partial charge in [-0.25, -0.2) is 8.78 Å². The maximum Gasteiger partial charge on any atom is 0.256 e. The number of aryl methyl sites for hydroxylation is 1. The van der Waals surface area contributed by atoms with E-state index in [1.165, 1.54) is 6.07 Å². The number of fused-ring (bicyclic) bond motifs is 1. The van der Waals surface area contributed by atoms with E-state index in [1.807, 2.05) is 39.9 Å². The second-order valence-electron chi connectivity index (χ2n) is 10.1. The van der Waals surface area contributed by atoms with Crippen LogP contribution in [-0.4, -0.2) is 51.8 Å². The maximum absolute atomic E-state index is 14.6. The number of piperidine rings is 1. The van der Waals surface area contributed by atoms with Gasteiger partial charge >= 0.3 is 0 Å². The van der Waals surface area contributed by atoms with Crippen molar-refractivity contribution in [3.8, 4) is 0 Å². The highest BCUT2D eigenvalue weighted by atomic mass is 19.1. The summed E-state index contributed by atoms with van der Waals surface area (Å²) in [5.74, 6) is -1.10. The van der Waals surface area contributed by atoms with E-state index < -0.39 is 18.2 Å². The molecule has 2 aromatic carbocycles. The zero-order valence-corrected chi connectivity index (χ0v) is 20.8. The molecule has 1 aromatic heterocycles. The van der Waals surface area contributed by atoms with E-state index in [9.17, 15) is 23.5 Å². The van der Waals surface area contributed by atoms with Crippen LogP contribution in [0.5, 0.6) is 0 Å². The molecule has 0 atom stereocenters. The first-order chi connectivity index (χ1) is 17.2. The number of nitrogens with zero attached hydrogens (tertiary/aromatic N) is 2. The summed E-state index contributed by atoms with van der Waals surface area (Å²) in [6.07, 6.45) is 3.69. The molecule has 8 heteroatoms. The highest BCUT2D eigenvalue weighted by Gasteiger charge is 2.28. The Hall–Kier alpha value is -3.26. The lowest BCUT2D eigenvalue weighted by Crippen LogP contribution is -2.38. The van der Waals surface area contributed by atoms with Crippen LogP contribution in [-0.2, 0) is 17.9 Å². The van der Waals surface area contributed by atoms with Gasteiger partial charge in [0.1, 0.15) is 5.82 Å². The second kappa shape index (κ2) is 10.8. The van der Waals surface area contributed by atoms with Crippen LogP contribution in [0.25, 0.3) is 10.9 Å². The Morgan fingerprint density at radius 3 is 2.56 bits per heavy atom. The monoisotopic (exact) mass is 497 g/mol. The van der Waals surface area contributed by atoms with Crippen molar-refractivity contribution in [3.63, 3.8) is 0 Å². The summed E-state index contributed by atoms with van der Waals surface area (Å²) in [5.41, 5.74) is 2.07. The number of benzene rings is 2. The van der Waals surface area contributed by atoms with E-state index in [2.05, 4.69) is 5.32 Å². The van der Waals surface area contributed by atoms with Crippen LogP contribution in [0.3, 0.4) is 0 Å². The van der Waals surface area contributed by atoms with Gasteiger partial charge < -0.3 is 19.9 Å². The molecule has 2 heterocycles. The minimum absolute atomic E-state index is 0.0426. The lowest BCUT2D eigenvalue weighted by atomic mass is 9.88. The van der Waals surface area contributed by atoms with Gasteiger partial charge in [0.2, 0.25) is 0 Å². The average molecular weight is 498 g/mol. The first-order valence-electron chi connectivity index (χ1n) is 12.4. The van der Waals surface area contributed by atoms with Gasteiger partial charge in [-0.2, -0.15) is 0 Å². The molecule has 1 aliphatic rings. The van der Waals surface area contributed by atoms with Crippen LogP contribution >= 0.6 is 0 Å². The Morgan fingerprint density at radius 2 is 1.86 bits per heavy atom. The van der Waals surface area contributed by atoms with Crippen molar-refractivity contribution in [2.45, 2.75) is 57.7 Å². The molecular formula is C28H33F2N3O3. The fourth-order valence-corrected chi connectivity index (χ4v) is 4.82. The van der Waals surface area contributed by atoms with Crippen molar-refractivity contribution in [3.05, 3.63) is 71.2 Å². The quantitative estimate of drug-likeness (QED) is 0.480. The molecule has 6 nitrogen and oxygen atoms in total. The van der Waals surface area contributed by atoms with Crippen LogP contribution in [0, 0.1) is 5.82 Å². The second-order valence-corrected chi connectivity index (χ2v) is 10.1. The number of hydrogen-bond acceptors (Lipinski definition) is 3. The van der Waals surface area contributed by atoms with Crippen molar-refractivity contribution in [1.82, 2.24) is 14.8 Å². The lowest BCUT2D eigenvalue weighted by molar-refractivity contribution is -0.122. The molecule has 1 aliphatic heterocycles. The number of rotatable bonds is 8. The molecule has 0 unspecified atom stereocenters. The lowest BCUT2D eigenvalue weighted by Gasteiger charge is -2.32. The maximum atomic E-state index is 14.6. The van der Waals surface area contributed by atoms with Crippen LogP contribution in [0.4, 0.5) is 8.78 Å². The molecular weight excluding hydrogens is 464 g/mol. The Morgan fingerprint density at radius 1 is 1.14 bits per heavy atom. The molecule has 0 saturated carbocycles. The Bertz CT molecular complexity index is 1240. The number of amides is 2. The largest absolute Gasteiger partial charge is 0.390 e. The van der Waals surface area contributed by atoms with Gasteiger partial charge in [-0.15, -0.1) is 0 Å². The first kappa shape index (κ1) is 25.8. The normalized spacial score (nSPS) is 14.9. The van der Waals surface area contributed by atoms with E-state index in [4.69, 9.17) is 0 Å². The van der Waals surface area contributed by atoms with Gasteiger partial charge in [0.15, 0.2) is 6.67 Å². The predicted octanol–water partition coefficient (Wildman–Crippen LogP) is 4.55. The fraction of sp³-hybridized carbons (Fsp3) is 0.429. The van der Waals surface area contributed by atoms with Crippen molar-refractivity contribution in [2.24, 2.45) is 0 Å². The molecule has 3 aromatic rings. The molecule has 192 valence electrons. The number of carbonyl (C=O) groups excluding carboxylic acids is 2. The molecule has 1 fully saturated rings. The van der Waals surface area contributed by atoms with Crippen LogP contribution < -0.4 is 5.32 Å². The average Bonchev–Trinajstić information content (AvgIpc) is 3.25. The molecule has 0 radical (unpaired) electrons. The van der Waals surface area contributed by atoms with E-state index in [0.717, 1.165) is 10.9 Å². The van der Waals surface area contributed by atoms with Crippen molar-refractivity contribution in [1.29, 1.82) is 0 Å². The number of alkyl halides is 1. The Labute approximate surface area is 209 Å². The van der Waals surface area contributed by atoms with Gasteiger partial charge in [0.05, 0.1) is 11.2 Å². The van der Waals surface area contributed by atoms with Gasteiger partial charge in [0.25, 0.3) is 11.8 Å². The minimum atomic E-state index is -1.08. The Balaban J connectivity index is 1.46. The highest BCUT2D eigenvalue weighted by Crippen LogP contribution is 2.32. The van der Waals surface area contributed by atoms with Crippen molar-refractivity contribution >= 4 is 22.7 Å². The SMILES string of the molecule is CC(C)(O)CCn1cc(C(=O)N2CCC(c3cc(CNC(=O)CF)ccc3F)CC2)c2ccccc21. The van der Waals surface area contributed by atoms with Crippen LogP contribution in [0.15, 0.2) is 48.7 Å². The number of hydrogen-bond donors (Lipinski definition) is 2. The third-order valence-corrected chi connectivity index (χ3v) is 6.88. The molecule has 2 N–H and O–H groups in total. The van der Waals surface area contributed by atoms with Crippen LogP contribution in [0.2, 0.25) is 0 Å². The summed E-state index contributed by atoms with van der Waals surface area (Å²) in [6, 6.07) is 12.5. The number of carbonyl (C=O) groups is 2. The summed E-state index contributed by atoms with van der Waals surface area (Å²) >= 11 is 0. The summed E-state index contributed by atoms with van der Waals surface area (Å²) in [4.78, 5) is 26.5. The minimum Gasteiger partial charge on any atom is -0.390 e. The zero-order valence-electron chi connectivity index (χ0n) is 20.8. The predicted molar refractivity (Wildman–Crippen MR) is 135 cm³/mol. The van der Waals surface area contributed by atoms with Gasteiger partial charge in [-0.1, -0.05) is 30.3 Å². The van der Waals surface area contributed by atoms with Gasteiger partial charge in [-0.05, 0) is 62.3 Å². The first-order valence-corrected chi connectivity index (χ1v) is 12.4. The topological polar surface area (TPSA) is 74.6 Å². The zero-order chi connectivity index (χ0) is 25.9. The molecule has 0 spiro atoms. The number of para-hydroxylation sites is 1. The third-order valence-electron chi connectivity index (χ3n) is 6.88. The van der Waals surface area contributed by atoms with Crippen molar-refractivity contribution < 1.29 is 23.5 Å². The molecule has 0 aliphatic carbocycles. The van der Waals surface area contributed by atoms with E-state index in [-0.39, 0.29) is 24.2 Å². The number of nitrogens with one attached hydrogen (secondary N) is 1. The summed E-state index contributed by atoms with van der Waals surface area (Å²) < 4.78 is 29.1. The number of likely N-dealkylation sites (tertiary alicyclic amines) is 1. The van der Waals surface area contributed by atoms with Crippen molar-refractivity contribution in [2.75, 3.05) is 19.8 Å². The molecule has 0 bridgehead atoms. The van der Waals surface area contributed by atoms with E-state index in [0.29, 0.717) is 55.6 Å².